The Bertz CT molecular complexity index is 445. The van der Waals surface area contributed by atoms with Crippen molar-refractivity contribution in [2.24, 2.45) is 0 Å². The van der Waals surface area contributed by atoms with Crippen molar-refractivity contribution < 1.29 is 18.0 Å². The number of alkyl halides is 3. The maximum absolute atomic E-state index is 12.2. The van der Waals surface area contributed by atoms with Gasteiger partial charge in [-0.05, 0) is 19.1 Å². The van der Waals surface area contributed by atoms with E-state index in [1.165, 1.54) is 0 Å². The number of nitrogens with zero attached hydrogens (tertiary/aromatic N) is 1. The number of terminal acetylenes is 1. The van der Waals surface area contributed by atoms with Gasteiger partial charge in [0.25, 0.3) is 5.91 Å². The molecular formula is C11H9F3N2O. The molecule has 0 spiro atoms. The third-order valence-corrected chi connectivity index (χ3v) is 1.92. The number of hydrogen-bond acceptors (Lipinski definition) is 2. The average molecular weight is 242 g/mol. The molecule has 1 unspecified atom stereocenters. The van der Waals surface area contributed by atoms with E-state index >= 15 is 0 Å². The van der Waals surface area contributed by atoms with Crippen molar-refractivity contribution in [1.82, 2.24) is 10.3 Å². The second-order valence-electron chi connectivity index (χ2n) is 3.29. The van der Waals surface area contributed by atoms with E-state index in [-0.39, 0.29) is 5.69 Å². The minimum Gasteiger partial charge on any atom is -0.337 e. The molecule has 1 amide bonds. The van der Waals surface area contributed by atoms with Gasteiger partial charge in [-0.25, -0.2) is 0 Å². The quantitative estimate of drug-likeness (QED) is 0.804. The molecule has 90 valence electrons. The minimum absolute atomic E-state index is 0.111. The van der Waals surface area contributed by atoms with Crippen molar-refractivity contribution in [3.05, 3.63) is 29.6 Å². The molecule has 1 heterocycles. The van der Waals surface area contributed by atoms with Crippen LogP contribution in [-0.2, 0) is 6.18 Å². The zero-order valence-corrected chi connectivity index (χ0v) is 8.88. The number of rotatable bonds is 2. The molecule has 6 heteroatoms. The first kappa shape index (κ1) is 13.0. The summed E-state index contributed by atoms with van der Waals surface area (Å²) < 4.78 is 36.7. The maximum atomic E-state index is 12.2. The van der Waals surface area contributed by atoms with E-state index in [4.69, 9.17) is 6.42 Å². The summed E-state index contributed by atoms with van der Waals surface area (Å²) in [7, 11) is 0. The van der Waals surface area contributed by atoms with Gasteiger partial charge >= 0.3 is 6.18 Å². The second-order valence-corrected chi connectivity index (χ2v) is 3.29. The summed E-state index contributed by atoms with van der Waals surface area (Å²) in [6, 6.07) is 1.29. The van der Waals surface area contributed by atoms with Crippen LogP contribution in [0.5, 0.6) is 0 Å². The smallest absolute Gasteiger partial charge is 0.337 e. The molecule has 0 saturated heterocycles. The number of carbonyl (C=O) groups excluding carboxylic acids is 1. The van der Waals surface area contributed by atoms with Crippen LogP contribution in [0.2, 0.25) is 0 Å². The summed E-state index contributed by atoms with van der Waals surface area (Å²) in [5.74, 6) is 1.65. The van der Waals surface area contributed by atoms with Crippen LogP contribution in [-0.4, -0.2) is 16.9 Å². The van der Waals surface area contributed by atoms with E-state index in [0.717, 1.165) is 12.1 Å². The Morgan fingerprint density at radius 3 is 2.59 bits per heavy atom. The number of nitrogens with one attached hydrogen (secondary N) is 1. The number of halogens is 3. The highest BCUT2D eigenvalue weighted by molar-refractivity contribution is 5.92. The molecule has 1 atom stereocenters. The molecule has 0 aliphatic carbocycles. The fraction of sp³-hybridized carbons (Fsp3) is 0.273. The highest BCUT2D eigenvalue weighted by Crippen LogP contribution is 2.28. The minimum atomic E-state index is -4.46. The Morgan fingerprint density at radius 2 is 2.18 bits per heavy atom. The zero-order chi connectivity index (χ0) is 13.1. The van der Waals surface area contributed by atoms with Gasteiger partial charge < -0.3 is 5.32 Å². The lowest BCUT2D eigenvalue weighted by Gasteiger charge is -2.08. The first-order valence-corrected chi connectivity index (χ1v) is 4.65. The molecule has 1 aromatic rings. The van der Waals surface area contributed by atoms with Crippen LogP contribution in [0.25, 0.3) is 0 Å². The number of aromatic nitrogens is 1. The molecule has 0 saturated carbocycles. The van der Waals surface area contributed by atoms with Crippen molar-refractivity contribution in [2.75, 3.05) is 0 Å². The third kappa shape index (κ3) is 3.48. The Balaban J connectivity index is 2.82. The van der Waals surface area contributed by atoms with Crippen LogP contribution >= 0.6 is 0 Å². The van der Waals surface area contributed by atoms with Crippen molar-refractivity contribution in [3.63, 3.8) is 0 Å². The fourth-order valence-electron chi connectivity index (χ4n) is 1.01. The molecule has 17 heavy (non-hydrogen) atoms. The van der Waals surface area contributed by atoms with Gasteiger partial charge in [0.2, 0.25) is 0 Å². The highest BCUT2D eigenvalue weighted by atomic mass is 19.4. The van der Waals surface area contributed by atoms with Gasteiger partial charge in [-0.15, -0.1) is 6.42 Å². The van der Waals surface area contributed by atoms with E-state index < -0.39 is 23.7 Å². The first-order valence-electron chi connectivity index (χ1n) is 4.65. The molecule has 1 aromatic heterocycles. The number of amides is 1. The largest absolute Gasteiger partial charge is 0.417 e. The number of pyridine rings is 1. The second kappa shape index (κ2) is 4.87. The summed E-state index contributed by atoms with van der Waals surface area (Å²) >= 11 is 0. The predicted octanol–water partition coefficient (Wildman–Crippen LogP) is 1.85. The van der Waals surface area contributed by atoms with Gasteiger partial charge in [-0.2, -0.15) is 13.2 Å². The lowest BCUT2D eigenvalue weighted by Crippen LogP contribution is -2.31. The molecule has 0 aliphatic heterocycles. The van der Waals surface area contributed by atoms with E-state index in [1.807, 2.05) is 0 Å². The van der Waals surface area contributed by atoms with Crippen LogP contribution in [0.15, 0.2) is 18.3 Å². The van der Waals surface area contributed by atoms with Gasteiger partial charge in [0.1, 0.15) is 5.69 Å². The van der Waals surface area contributed by atoms with E-state index in [1.54, 1.807) is 6.92 Å². The normalized spacial score (nSPS) is 12.6. The molecule has 0 bridgehead atoms. The van der Waals surface area contributed by atoms with Crippen molar-refractivity contribution in [2.45, 2.75) is 19.1 Å². The molecule has 0 aromatic carbocycles. The van der Waals surface area contributed by atoms with Crippen LogP contribution in [0.3, 0.4) is 0 Å². The zero-order valence-electron chi connectivity index (χ0n) is 8.88. The maximum Gasteiger partial charge on any atom is 0.417 e. The Kier molecular flexibility index (Phi) is 3.73. The highest BCUT2D eigenvalue weighted by Gasteiger charge is 2.30. The van der Waals surface area contributed by atoms with Crippen LogP contribution in [0.4, 0.5) is 13.2 Å². The van der Waals surface area contributed by atoms with Crippen molar-refractivity contribution in [1.29, 1.82) is 0 Å². The Morgan fingerprint density at radius 1 is 1.53 bits per heavy atom. The van der Waals surface area contributed by atoms with Crippen molar-refractivity contribution in [3.8, 4) is 12.3 Å². The fourth-order valence-corrected chi connectivity index (χ4v) is 1.01. The van der Waals surface area contributed by atoms with Crippen LogP contribution in [0, 0.1) is 12.3 Å². The first-order chi connectivity index (χ1) is 7.84. The van der Waals surface area contributed by atoms with Crippen LogP contribution in [0.1, 0.15) is 23.0 Å². The van der Waals surface area contributed by atoms with Gasteiger partial charge in [-0.1, -0.05) is 5.92 Å². The van der Waals surface area contributed by atoms with Gasteiger partial charge in [0.15, 0.2) is 0 Å². The summed E-state index contributed by atoms with van der Waals surface area (Å²) in [6.07, 6.45) is 1.19. The Hall–Kier alpha value is -2.03. The molecule has 1 rings (SSSR count). The Labute approximate surface area is 96.0 Å². The lowest BCUT2D eigenvalue weighted by molar-refractivity contribution is -0.137. The van der Waals surface area contributed by atoms with E-state index in [0.29, 0.717) is 6.20 Å². The molecule has 3 nitrogen and oxygen atoms in total. The SMILES string of the molecule is C#CC(C)NC(=O)c1ccc(C(F)(F)F)cn1. The molecule has 1 N–H and O–H groups in total. The predicted molar refractivity (Wildman–Crippen MR) is 55.0 cm³/mol. The average Bonchev–Trinajstić information content (AvgIpc) is 2.27. The van der Waals surface area contributed by atoms with Gasteiger partial charge in [0.05, 0.1) is 11.6 Å². The molecule has 0 aliphatic rings. The van der Waals surface area contributed by atoms with E-state index in [2.05, 4.69) is 16.2 Å². The molecule has 0 fully saturated rings. The number of carbonyl (C=O) groups is 1. The van der Waals surface area contributed by atoms with Gasteiger partial charge in [-0.3, -0.25) is 9.78 Å². The van der Waals surface area contributed by atoms with Crippen LogP contribution < -0.4 is 5.32 Å². The lowest BCUT2D eigenvalue weighted by atomic mass is 10.2. The molecule has 0 radical (unpaired) electrons. The summed E-state index contributed by atoms with van der Waals surface area (Å²) in [6.45, 7) is 1.57. The monoisotopic (exact) mass is 242 g/mol. The van der Waals surface area contributed by atoms with Crippen molar-refractivity contribution >= 4 is 5.91 Å². The van der Waals surface area contributed by atoms with Gasteiger partial charge in [0, 0.05) is 6.20 Å². The summed E-state index contributed by atoms with van der Waals surface area (Å²) in [5.41, 5.74) is -1.01. The summed E-state index contributed by atoms with van der Waals surface area (Å²) in [4.78, 5) is 14.9. The summed E-state index contributed by atoms with van der Waals surface area (Å²) in [5, 5.41) is 2.39. The molecular weight excluding hydrogens is 233 g/mol. The third-order valence-electron chi connectivity index (χ3n) is 1.92. The number of hydrogen-bond donors (Lipinski definition) is 1. The van der Waals surface area contributed by atoms with E-state index in [9.17, 15) is 18.0 Å². The standard InChI is InChI=1S/C11H9F3N2O/c1-3-7(2)16-10(17)9-5-4-8(6-15-9)11(12,13)14/h1,4-7H,2H3,(H,16,17). The topological polar surface area (TPSA) is 42.0 Å².